The van der Waals surface area contributed by atoms with Gasteiger partial charge in [-0.1, -0.05) is 12.1 Å². The molecule has 3 aromatic rings. The summed E-state index contributed by atoms with van der Waals surface area (Å²) in [5, 5.41) is 13.9. The molecule has 118 valence electrons. The molecule has 0 unspecified atom stereocenters. The first kappa shape index (κ1) is 19.2. The first-order chi connectivity index (χ1) is 11.1. The monoisotopic (exact) mass is 368 g/mol. The summed E-state index contributed by atoms with van der Waals surface area (Å²) in [6, 6.07) is 10.2. The van der Waals surface area contributed by atoms with Gasteiger partial charge in [-0.3, -0.25) is 4.79 Å². The fourth-order valence-electron chi connectivity index (χ4n) is 2.28. The fraction of sp³-hybridized carbons (Fsp3) is 0.125. The molecule has 2 aromatic heterocycles. The zero-order chi connectivity index (χ0) is 16.4. The molecule has 0 atom stereocenters. The normalized spacial score (nSPS) is 10.2. The maximum Gasteiger partial charge on any atom is 1.00 e. The Morgan fingerprint density at radius 3 is 2.71 bits per heavy atom. The number of thiophene rings is 1. The molecule has 3 rings (SSSR count). The summed E-state index contributed by atoms with van der Waals surface area (Å²) in [6.07, 6.45) is 0.191. The van der Waals surface area contributed by atoms with Crippen LogP contribution in [0.3, 0.4) is 0 Å². The molecule has 24 heavy (non-hydrogen) atoms. The summed E-state index contributed by atoms with van der Waals surface area (Å²) in [5.74, 6) is -0.132. The van der Waals surface area contributed by atoms with Crippen molar-refractivity contribution in [2.24, 2.45) is 0 Å². The van der Waals surface area contributed by atoms with E-state index in [2.05, 4.69) is 4.98 Å². The Morgan fingerprint density at radius 1 is 1.25 bits per heavy atom. The van der Waals surface area contributed by atoms with E-state index in [1.54, 1.807) is 24.3 Å². The van der Waals surface area contributed by atoms with Crippen molar-refractivity contribution in [3.63, 3.8) is 0 Å². The van der Waals surface area contributed by atoms with Gasteiger partial charge >= 0.3 is 57.1 Å². The van der Waals surface area contributed by atoms with E-state index in [9.17, 15) is 14.7 Å². The van der Waals surface area contributed by atoms with Crippen molar-refractivity contribution in [3.05, 3.63) is 73.1 Å². The summed E-state index contributed by atoms with van der Waals surface area (Å²) in [4.78, 5) is 27.8. The van der Waals surface area contributed by atoms with Crippen molar-refractivity contribution < 1.29 is 61.2 Å². The quantitative estimate of drug-likeness (QED) is 0.554. The number of ether oxygens (including phenoxy) is 1. The largest absolute Gasteiger partial charge is 1.00 e. The summed E-state index contributed by atoms with van der Waals surface area (Å²) >= 11 is 1.45. The molecule has 6 nitrogen and oxygen atoms in total. The predicted molar refractivity (Wildman–Crippen MR) is 85.8 cm³/mol. The van der Waals surface area contributed by atoms with Crippen LogP contribution in [0.4, 0.5) is 0 Å². The maximum atomic E-state index is 12.6. The van der Waals surface area contributed by atoms with E-state index in [0.717, 1.165) is 9.44 Å². The van der Waals surface area contributed by atoms with Gasteiger partial charge < -0.3 is 14.8 Å². The maximum absolute atomic E-state index is 12.6. The SMILES string of the molecule is COc1cccc(-n2c(=O)[nH]c([O-])c(Cc3cccs3)c2=O)c1.[K+]. The number of benzene rings is 1. The number of nitrogens with one attached hydrogen (secondary N) is 1. The van der Waals surface area contributed by atoms with Crippen LogP contribution >= 0.6 is 11.3 Å². The van der Waals surface area contributed by atoms with Gasteiger partial charge in [0.25, 0.3) is 5.56 Å². The van der Waals surface area contributed by atoms with E-state index in [-0.39, 0.29) is 63.4 Å². The molecule has 0 bridgehead atoms. The smallest absolute Gasteiger partial charge is 0.860 e. The van der Waals surface area contributed by atoms with Gasteiger partial charge in [-0.25, -0.2) is 9.36 Å². The number of H-pyrrole nitrogens is 1. The Kier molecular flexibility index (Phi) is 6.61. The number of methoxy groups -OCH3 is 1. The topological polar surface area (TPSA) is 87.2 Å². The van der Waals surface area contributed by atoms with E-state index in [0.29, 0.717) is 11.4 Å². The van der Waals surface area contributed by atoms with Gasteiger partial charge in [0.2, 0.25) is 0 Å². The third kappa shape index (κ3) is 3.90. The number of hydrogen-bond acceptors (Lipinski definition) is 5. The van der Waals surface area contributed by atoms with Crippen LogP contribution in [-0.4, -0.2) is 16.7 Å². The Balaban J connectivity index is 0.00000208. The first-order valence-corrected chi connectivity index (χ1v) is 7.70. The van der Waals surface area contributed by atoms with Crippen LogP contribution in [0.25, 0.3) is 5.69 Å². The molecule has 0 spiro atoms. The molecule has 0 saturated carbocycles. The predicted octanol–water partition coefficient (Wildman–Crippen LogP) is -1.74. The van der Waals surface area contributed by atoms with Gasteiger partial charge in [-0.15, -0.1) is 11.3 Å². The molecule has 0 aliphatic heterocycles. The van der Waals surface area contributed by atoms with Crippen LogP contribution in [0.15, 0.2) is 51.4 Å². The van der Waals surface area contributed by atoms with Gasteiger partial charge in [0, 0.05) is 22.9 Å². The van der Waals surface area contributed by atoms with Crippen LogP contribution in [0.5, 0.6) is 11.6 Å². The number of rotatable bonds is 4. The molecule has 2 heterocycles. The van der Waals surface area contributed by atoms with Crippen LogP contribution in [0, 0.1) is 0 Å². The average molecular weight is 368 g/mol. The van der Waals surface area contributed by atoms with Crippen molar-refractivity contribution >= 4 is 11.3 Å². The molecule has 0 saturated heterocycles. The minimum atomic E-state index is -0.761. The van der Waals surface area contributed by atoms with E-state index in [4.69, 9.17) is 4.74 Å². The Bertz CT molecular complexity index is 947. The van der Waals surface area contributed by atoms with E-state index in [1.165, 1.54) is 18.4 Å². The molecule has 8 heteroatoms. The second kappa shape index (κ2) is 8.28. The summed E-state index contributed by atoms with van der Waals surface area (Å²) in [7, 11) is 1.50. The average Bonchev–Trinajstić information content (AvgIpc) is 3.04. The second-order valence-corrected chi connectivity index (χ2v) is 5.87. The third-order valence-corrected chi connectivity index (χ3v) is 4.28. The van der Waals surface area contributed by atoms with Gasteiger partial charge in [-0.2, -0.15) is 0 Å². The van der Waals surface area contributed by atoms with Crippen molar-refractivity contribution in [2.45, 2.75) is 6.42 Å². The number of hydrogen-bond donors (Lipinski definition) is 1. The molecule has 0 fully saturated rings. The zero-order valence-corrected chi connectivity index (χ0v) is 17.2. The Labute approximate surface area is 184 Å². The zero-order valence-electron chi connectivity index (χ0n) is 13.2. The van der Waals surface area contributed by atoms with Gasteiger partial charge in [0.1, 0.15) is 5.75 Å². The van der Waals surface area contributed by atoms with Gasteiger partial charge in [0.05, 0.1) is 12.8 Å². The Hall–Kier alpha value is -1.16. The summed E-state index contributed by atoms with van der Waals surface area (Å²) < 4.78 is 6.06. The van der Waals surface area contributed by atoms with Crippen LogP contribution in [-0.2, 0) is 6.42 Å². The summed E-state index contributed by atoms with van der Waals surface area (Å²) in [6.45, 7) is 0. The number of nitrogens with zero attached hydrogens (tertiary/aromatic N) is 1. The minimum absolute atomic E-state index is 0. The molecule has 1 N–H and O–H groups in total. The van der Waals surface area contributed by atoms with Crippen LogP contribution in [0.2, 0.25) is 0 Å². The fourth-order valence-corrected chi connectivity index (χ4v) is 3.00. The van der Waals surface area contributed by atoms with E-state index in [1.807, 2.05) is 17.5 Å². The van der Waals surface area contributed by atoms with Crippen molar-refractivity contribution in [3.8, 4) is 17.3 Å². The minimum Gasteiger partial charge on any atom is -0.860 e. The third-order valence-electron chi connectivity index (χ3n) is 3.40. The van der Waals surface area contributed by atoms with Crippen LogP contribution < -0.4 is 72.5 Å². The molecule has 1 aromatic carbocycles. The van der Waals surface area contributed by atoms with Crippen LogP contribution in [0.1, 0.15) is 10.4 Å². The van der Waals surface area contributed by atoms with E-state index >= 15 is 0 Å². The number of aromatic nitrogens is 2. The second-order valence-electron chi connectivity index (χ2n) is 4.84. The first-order valence-electron chi connectivity index (χ1n) is 6.82. The van der Waals surface area contributed by atoms with Gasteiger partial charge in [0.15, 0.2) is 0 Å². The van der Waals surface area contributed by atoms with Crippen molar-refractivity contribution in [2.75, 3.05) is 7.11 Å². The Morgan fingerprint density at radius 2 is 2.04 bits per heavy atom. The molecule has 0 aliphatic carbocycles. The van der Waals surface area contributed by atoms with Gasteiger partial charge in [-0.05, 0) is 29.5 Å². The van der Waals surface area contributed by atoms with E-state index < -0.39 is 17.1 Å². The molecule has 0 amide bonds. The number of aromatic amines is 1. The standard InChI is InChI=1S/C16H14N2O4S.K/c1-22-11-5-2-4-10(8-11)18-15(20)13(14(19)17-16(18)21)9-12-6-3-7-23-12;/h2-8,19H,9H2,1H3,(H,17,21);/q;+1/p-1. The summed E-state index contributed by atoms with van der Waals surface area (Å²) in [5.41, 5.74) is -0.985. The molecular weight excluding hydrogens is 355 g/mol. The molecule has 0 aliphatic rings. The molecule has 0 radical (unpaired) electrons. The van der Waals surface area contributed by atoms with Crippen molar-refractivity contribution in [1.82, 2.24) is 9.55 Å². The molecular formula is C16H13KN2O4S. The van der Waals surface area contributed by atoms with Crippen molar-refractivity contribution in [1.29, 1.82) is 0 Å².